The third-order valence-corrected chi connectivity index (χ3v) is 5.25. The molecule has 1 aliphatic heterocycles. The molecular formula is C16H19BrN2O. The van der Waals surface area contributed by atoms with E-state index in [4.69, 9.17) is 4.74 Å². The zero-order valence-electron chi connectivity index (χ0n) is 11.7. The van der Waals surface area contributed by atoms with E-state index in [1.165, 1.54) is 28.5 Å². The van der Waals surface area contributed by atoms with Crippen molar-refractivity contribution in [3.8, 4) is 0 Å². The van der Waals surface area contributed by atoms with Crippen LogP contribution in [0.25, 0.3) is 10.9 Å². The highest BCUT2D eigenvalue weighted by molar-refractivity contribution is 9.10. The van der Waals surface area contributed by atoms with Crippen LogP contribution in [-0.4, -0.2) is 35.6 Å². The Morgan fingerprint density at radius 1 is 1.45 bits per heavy atom. The summed E-state index contributed by atoms with van der Waals surface area (Å²) >= 11 is 3.70. The maximum atomic E-state index is 6.15. The van der Waals surface area contributed by atoms with Crippen LogP contribution in [0.4, 0.5) is 0 Å². The third-order valence-electron chi connectivity index (χ3n) is 4.62. The molecule has 1 aromatic carbocycles. The van der Waals surface area contributed by atoms with Gasteiger partial charge in [-0.3, -0.25) is 4.90 Å². The van der Waals surface area contributed by atoms with Crippen molar-refractivity contribution >= 4 is 26.8 Å². The zero-order valence-corrected chi connectivity index (χ0v) is 13.2. The zero-order chi connectivity index (χ0) is 13.7. The fourth-order valence-electron chi connectivity index (χ4n) is 3.82. The Balaban J connectivity index is 1.86. The summed E-state index contributed by atoms with van der Waals surface area (Å²) in [5, 5.41) is 1.37. The predicted molar refractivity (Wildman–Crippen MR) is 84.0 cm³/mol. The molecule has 2 aliphatic rings. The van der Waals surface area contributed by atoms with Gasteiger partial charge < -0.3 is 9.72 Å². The Labute approximate surface area is 127 Å². The summed E-state index contributed by atoms with van der Waals surface area (Å²) < 4.78 is 7.24. The van der Waals surface area contributed by atoms with Crippen molar-refractivity contribution in [2.24, 2.45) is 0 Å². The van der Waals surface area contributed by atoms with Crippen LogP contribution in [0.5, 0.6) is 0 Å². The van der Waals surface area contributed by atoms with Crippen molar-refractivity contribution in [1.29, 1.82) is 0 Å². The molecule has 2 aromatic rings. The summed E-state index contributed by atoms with van der Waals surface area (Å²) in [5.74, 6) is 0. The maximum absolute atomic E-state index is 6.15. The molecule has 0 saturated carbocycles. The molecule has 1 fully saturated rings. The van der Waals surface area contributed by atoms with E-state index in [0.717, 1.165) is 30.7 Å². The van der Waals surface area contributed by atoms with Gasteiger partial charge in [-0.15, -0.1) is 0 Å². The van der Waals surface area contributed by atoms with E-state index >= 15 is 0 Å². The van der Waals surface area contributed by atoms with E-state index in [2.05, 4.69) is 50.9 Å². The standard InChI is InChI=1S/C16H19BrN2O/c1-2-6-19-7-8-20-15-12(19)9-10-4-3-5-11-13(10)14(15)16(17)18-11/h3-5,12,15,18H,2,6-9H2,1H3. The summed E-state index contributed by atoms with van der Waals surface area (Å²) in [6.07, 6.45) is 2.50. The largest absolute Gasteiger partial charge is 0.370 e. The van der Waals surface area contributed by atoms with Gasteiger partial charge >= 0.3 is 0 Å². The normalized spacial score (nSPS) is 25.9. The number of benzene rings is 1. The van der Waals surface area contributed by atoms with E-state index in [9.17, 15) is 0 Å². The van der Waals surface area contributed by atoms with Crippen LogP contribution < -0.4 is 0 Å². The van der Waals surface area contributed by atoms with Crippen LogP contribution in [0.2, 0.25) is 0 Å². The van der Waals surface area contributed by atoms with Crippen LogP contribution in [0.3, 0.4) is 0 Å². The monoisotopic (exact) mass is 334 g/mol. The van der Waals surface area contributed by atoms with Crippen molar-refractivity contribution in [2.75, 3.05) is 19.7 Å². The van der Waals surface area contributed by atoms with Gasteiger partial charge in [0.15, 0.2) is 0 Å². The van der Waals surface area contributed by atoms with E-state index in [-0.39, 0.29) is 6.10 Å². The average molecular weight is 335 g/mol. The van der Waals surface area contributed by atoms with Crippen molar-refractivity contribution < 1.29 is 4.74 Å². The van der Waals surface area contributed by atoms with Crippen molar-refractivity contribution in [1.82, 2.24) is 9.88 Å². The van der Waals surface area contributed by atoms with Gasteiger partial charge in [0.2, 0.25) is 0 Å². The van der Waals surface area contributed by atoms with Gasteiger partial charge in [0.05, 0.1) is 11.2 Å². The minimum Gasteiger partial charge on any atom is -0.370 e. The molecule has 0 amide bonds. The Morgan fingerprint density at radius 2 is 2.35 bits per heavy atom. The fourth-order valence-corrected chi connectivity index (χ4v) is 4.46. The van der Waals surface area contributed by atoms with Crippen LogP contribution in [0, 0.1) is 0 Å². The van der Waals surface area contributed by atoms with E-state index in [1.54, 1.807) is 0 Å². The Hall–Kier alpha value is -0.840. The Kier molecular flexibility index (Phi) is 3.13. The first-order valence-corrected chi connectivity index (χ1v) is 8.23. The van der Waals surface area contributed by atoms with Crippen molar-refractivity contribution in [3.05, 3.63) is 33.9 Å². The number of rotatable bonds is 2. The molecule has 0 radical (unpaired) electrons. The molecule has 1 N–H and O–H groups in total. The lowest BCUT2D eigenvalue weighted by Crippen LogP contribution is -2.49. The quantitative estimate of drug-likeness (QED) is 0.908. The first-order valence-electron chi connectivity index (χ1n) is 7.44. The number of hydrogen-bond donors (Lipinski definition) is 1. The number of halogens is 1. The number of morpholine rings is 1. The maximum Gasteiger partial charge on any atom is 0.102 e. The van der Waals surface area contributed by atoms with Crippen LogP contribution >= 0.6 is 15.9 Å². The first kappa shape index (κ1) is 12.9. The minimum atomic E-state index is 0.202. The van der Waals surface area contributed by atoms with Gasteiger partial charge in [-0.05, 0) is 46.9 Å². The van der Waals surface area contributed by atoms with Crippen LogP contribution in [0.1, 0.15) is 30.6 Å². The second-order valence-electron chi connectivity index (χ2n) is 5.79. The topological polar surface area (TPSA) is 28.3 Å². The smallest absolute Gasteiger partial charge is 0.102 e. The van der Waals surface area contributed by atoms with Gasteiger partial charge in [0.1, 0.15) is 6.10 Å². The summed E-state index contributed by atoms with van der Waals surface area (Å²) in [6, 6.07) is 7.05. The lowest BCUT2D eigenvalue weighted by molar-refractivity contribution is -0.0742. The second-order valence-corrected chi connectivity index (χ2v) is 6.58. The highest BCUT2D eigenvalue weighted by Crippen LogP contribution is 2.44. The first-order chi connectivity index (χ1) is 9.79. The fraction of sp³-hybridized carbons (Fsp3) is 0.500. The third kappa shape index (κ3) is 1.78. The van der Waals surface area contributed by atoms with Crippen LogP contribution in [0.15, 0.2) is 22.8 Å². The summed E-state index contributed by atoms with van der Waals surface area (Å²) in [7, 11) is 0. The van der Waals surface area contributed by atoms with Gasteiger partial charge in [0.25, 0.3) is 0 Å². The Morgan fingerprint density at radius 3 is 3.20 bits per heavy atom. The number of H-pyrrole nitrogens is 1. The summed E-state index contributed by atoms with van der Waals surface area (Å²) in [5.41, 5.74) is 4.00. The van der Waals surface area contributed by atoms with Crippen LogP contribution in [-0.2, 0) is 11.2 Å². The highest BCUT2D eigenvalue weighted by Gasteiger charge is 2.39. The molecule has 3 nitrogen and oxygen atoms in total. The van der Waals surface area contributed by atoms with Gasteiger partial charge in [-0.2, -0.15) is 0 Å². The molecule has 1 saturated heterocycles. The molecule has 0 spiro atoms. The summed E-state index contributed by atoms with van der Waals surface area (Å²) in [4.78, 5) is 6.06. The Bertz CT molecular complexity index is 649. The average Bonchev–Trinajstić information content (AvgIpc) is 2.79. The molecule has 4 rings (SSSR count). The van der Waals surface area contributed by atoms with Gasteiger partial charge in [0, 0.05) is 29.1 Å². The molecule has 2 atom stereocenters. The molecule has 4 heteroatoms. The highest BCUT2D eigenvalue weighted by atomic mass is 79.9. The molecule has 1 aliphatic carbocycles. The molecule has 20 heavy (non-hydrogen) atoms. The van der Waals surface area contributed by atoms with Gasteiger partial charge in [-0.1, -0.05) is 19.1 Å². The van der Waals surface area contributed by atoms with Gasteiger partial charge in [-0.25, -0.2) is 0 Å². The number of hydrogen-bond acceptors (Lipinski definition) is 2. The predicted octanol–water partition coefficient (Wildman–Crippen LogP) is 3.64. The molecule has 1 aromatic heterocycles. The number of aromatic nitrogens is 1. The molecule has 106 valence electrons. The number of fused-ring (bicyclic) bond motifs is 2. The lowest BCUT2D eigenvalue weighted by atomic mass is 9.85. The number of ether oxygens (including phenoxy) is 1. The molecule has 0 bridgehead atoms. The van der Waals surface area contributed by atoms with Crippen molar-refractivity contribution in [3.63, 3.8) is 0 Å². The van der Waals surface area contributed by atoms with E-state index in [1.807, 2.05) is 0 Å². The molecule has 2 unspecified atom stereocenters. The second kappa shape index (κ2) is 4.86. The minimum absolute atomic E-state index is 0.202. The number of aromatic amines is 1. The van der Waals surface area contributed by atoms with E-state index in [0.29, 0.717) is 6.04 Å². The molecule has 2 heterocycles. The lowest BCUT2D eigenvalue weighted by Gasteiger charge is -2.43. The SMILES string of the molecule is CCCN1CCOC2c3c(Br)[nH]c4cccc(c34)CC21. The summed E-state index contributed by atoms with van der Waals surface area (Å²) in [6.45, 7) is 5.31. The van der Waals surface area contributed by atoms with E-state index < -0.39 is 0 Å². The molecular weight excluding hydrogens is 316 g/mol. The van der Waals surface area contributed by atoms with Crippen molar-refractivity contribution in [2.45, 2.75) is 31.9 Å². The number of nitrogens with zero attached hydrogens (tertiary/aromatic N) is 1. The number of nitrogens with one attached hydrogen (secondary N) is 1.